The number of hydrogen-bond donors (Lipinski definition) is 1. The van der Waals surface area contributed by atoms with Gasteiger partial charge in [0.25, 0.3) is 5.91 Å². The number of benzene rings is 1. The van der Waals surface area contributed by atoms with E-state index in [2.05, 4.69) is 0 Å². The van der Waals surface area contributed by atoms with Gasteiger partial charge in [0.1, 0.15) is 0 Å². The molecule has 6 nitrogen and oxygen atoms in total. The molecule has 0 spiro atoms. The molecule has 2 rings (SSSR count). The average Bonchev–Trinajstić information content (AvgIpc) is 3.04. The maximum absolute atomic E-state index is 12.4. The van der Waals surface area contributed by atoms with Crippen molar-refractivity contribution in [2.45, 2.75) is 25.2 Å². The normalized spacial score (nSPS) is 17.8. The molecule has 0 radical (unpaired) electrons. The predicted octanol–water partition coefficient (Wildman–Crippen LogP) is 1.56. The van der Waals surface area contributed by atoms with Crippen LogP contribution in [0.1, 0.15) is 30.6 Å². The van der Waals surface area contributed by atoms with Gasteiger partial charge in [-0.2, -0.15) is 4.31 Å². The van der Waals surface area contributed by atoms with E-state index in [9.17, 15) is 13.2 Å². The fourth-order valence-corrected chi connectivity index (χ4v) is 4.33. The van der Waals surface area contributed by atoms with E-state index in [4.69, 9.17) is 5.73 Å². The van der Waals surface area contributed by atoms with E-state index >= 15 is 0 Å². The second-order valence-electron chi connectivity index (χ2n) is 5.76. The van der Waals surface area contributed by atoms with Crippen molar-refractivity contribution in [2.24, 2.45) is 11.7 Å². The molecule has 0 aliphatic carbocycles. The SMILES string of the molecule is CCN(CC)S(=O)(=O)c1ccc(C(=O)N2CCC(CN)C2)cc1.Cl. The lowest BCUT2D eigenvalue weighted by Crippen LogP contribution is -2.31. The summed E-state index contributed by atoms with van der Waals surface area (Å²) in [4.78, 5) is 14.4. The van der Waals surface area contributed by atoms with Crippen molar-refractivity contribution < 1.29 is 13.2 Å². The lowest BCUT2D eigenvalue weighted by molar-refractivity contribution is 0.0787. The highest BCUT2D eigenvalue weighted by Gasteiger charge is 2.27. The summed E-state index contributed by atoms with van der Waals surface area (Å²) in [5, 5.41) is 0. The molecular weight excluding hydrogens is 350 g/mol. The zero-order valence-corrected chi connectivity index (χ0v) is 15.8. The molecule has 1 fully saturated rings. The minimum atomic E-state index is -3.48. The minimum absolute atomic E-state index is 0. The Morgan fingerprint density at radius 1 is 1.25 bits per heavy atom. The van der Waals surface area contributed by atoms with Crippen LogP contribution in [0.3, 0.4) is 0 Å². The number of carbonyl (C=O) groups excluding carboxylic acids is 1. The van der Waals surface area contributed by atoms with Gasteiger partial charge in [-0.1, -0.05) is 13.8 Å². The molecule has 0 saturated carbocycles. The second kappa shape index (κ2) is 8.80. The molecule has 1 aromatic carbocycles. The summed E-state index contributed by atoms with van der Waals surface area (Å²) in [6.45, 7) is 6.43. The van der Waals surface area contributed by atoms with E-state index in [0.29, 0.717) is 44.2 Å². The summed E-state index contributed by atoms with van der Waals surface area (Å²) in [5.74, 6) is 0.300. The summed E-state index contributed by atoms with van der Waals surface area (Å²) >= 11 is 0. The minimum Gasteiger partial charge on any atom is -0.338 e. The van der Waals surface area contributed by atoms with Crippen LogP contribution in [0.25, 0.3) is 0 Å². The number of nitrogens with zero attached hydrogens (tertiary/aromatic N) is 2. The molecule has 8 heteroatoms. The number of sulfonamides is 1. The van der Waals surface area contributed by atoms with E-state index in [1.165, 1.54) is 16.4 Å². The number of halogens is 1. The van der Waals surface area contributed by atoms with Gasteiger partial charge in [0, 0.05) is 31.7 Å². The third-order valence-corrected chi connectivity index (χ3v) is 6.41. The Hall–Kier alpha value is -1.15. The molecule has 1 saturated heterocycles. The number of nitrogens with two attached hydrogens (primary N) is 1. The standard InChI is InChI=1S/C16H25N3O3S.ClH/c1-3-19(4-2)23(21,22)15-7-5-14(6-8-15)16(20)18-10-9-13(11-17)12-18;/h5-8,13H,3-4,9-12,17H2,1-2H3;1H. The molecule has 1 heterocycles. The van der Waals surface area contributed by atoms with Gasteiger partial charge >= 0.3 is 0 Å². The molecule has 1 aliphatic heterocycles. The molecule has 1 aromatic rings. The van der Waals surface area contributed by atoms with E-state index in [1.54, 1.807) is 30.9 Å². The van der Waals surface area contributed by atoms with E-state index in [0.717, 1.165) is 6.42 Å². The predicted molar refractivity (Wildman–Crippen MR) is 96.9 cm³/mol. The van der Waals surface area contributed by atoms with Gasteiger partial charge < -0.3 is 10.6 Å². The molecule has 1 amide bonds. The summed E-state index contributed by atoms with van der Waals surface area (Å²) < 4.78 is 26.3. The number of carbonyl (C=O) groups is 1. The van der Waals surface area contributed by atoms with Crippen molar-refractivity contribution in [2.75, 3.05) is 32.7 Å². The van der Waals surface area contributed by atoms with Crippen LogP contribution in [0.15, 0.2) is 29.2 Å². The van der Waals surface area contributed by atoms with Crippen molar-refractivity contribution in [1.82, 2.24) is 9.21 Å². The lowest BCUT2D eigenvalue weighted by atomic mass is 10.1. The first-order valence-electron chi connectivity index (χ1n) is 8.03. The van der Waals surface area contributed by atoms with Gasteiger partial charge in [-0.05, 0) is 43.1 Å². The van der Waals surface area contributed by atoms with Gasteiger partial charge in [0.2, 0.25) is 10.0 Å². The highest BCUT2D eigenvalue weighted by Crippen LogP contribution is 2.20. The zero-order chi connectivity index (χ0) is 17.0. The lowest BCUT2D eigenvalue weighted by Gasteiger charge is -2.19. The van der Waals surface area contributed by atoms with Gasteiger partial charge in [-0.25, -0.2) is 8.42 Å². The Bertz CT molecular complexity index is 645. The fourth-order valence-electron chi connectivity index (χ4n) is 2.87. The first kappa shape index (κ1) is 20.9. The quantitative estimate of drug-likeness (QED) is 0.817. The van der Waals surface area contributed by atoms with E-state index in [1.807, 2.05) is 0 Å². The van der Waals surface area contributed by atoms with Gasteiger partial charge in [0.05, 0.1) is 4.90 Å². The Balaban J connectivity index is 0.00000288. The third-order valence-electron chi connectivity index (χ3n) is 4.35. The molecule has 1 atom stereocenters. The summed E-state index contributed by atoms with van der Waals surface area (Å²) in [7, 11) is -3.48. The molecule has 24 heavy (non-hydrogen) atoms. The Kier molecular flexibility index (Phi) is 7.66. The second-order valence-corrected chi connectivity index (χ2v) is 7.69. The molecule has 2 N–H and O–H groups in total. The first-order valence-corrected chi connectivity index (χ1v) is 9.47. The van der Waals surface area contributed by atoms with Crippen molar-refractivity contribution >= 4 is 28.3 Å². The highest BCUT2D eigenvalue weighted by molar-refractivity contribution is 7.89. The first-order chi connectivity index (χ1) is 10.9. The average molecular weight is 376 g/mol. The van der Waals surface area contributed by atoms with Crippen LogP contribution in [0.2, 0.25) is 0 Å². The van der Waals surface area contributed by atoms with Crippen LogP contribution < -0.4 is 5.73 Å². The molecule has 0 aromatic heterocycles. The summed E-state index contributed by atoms with van der Waals surface area (Å²) in [6.07, 6.45) is 0.927. The van der Waals surface area contributed by atoms with E-state index < -0.39 is 10.0 Å². The Labute approximate surface area is 150 Å². The van der Waals surface area contributed by atoms with Crippen LogP contribution in [-0.4, -0.2) is 56.3 Å². The molecule has 1 unspecified atom stereocenters. The van der Waals surface area contributed by atoms with Crippen LogP contribution in [0.4, 0.5) is 0 Å². The van der Waals surface area contributed by atoms with Crippen molar-refractivity contribution in [1.29, 1.82) is 0 Å². The van der Waals surface area contributed by atoms with Crippen LogP contribution >= 0.6 is 12.4 Å². The summed E-state index contributed by atoms with van der Waals surface area (Å²) in [6, 6.07) is 6.21. The van der Waals surface area contributed by atoms with Crippen molar-refractivity contribution in [3.8, 4) is 0 Å². The number of rotatable bonds is 6. The van der Waals surface area contributed by atoms with Gasteiger partial charge in [-0.3, -0.25) is 4.79 Å². The third kappa shape index (κ3) is 4.27. The zero-order valence-electron chi connectivity index (χ0n) is 14.1. The van der Waals surface area contributed by atoms with Crippen molar-refractivity contribution in [3.63, 3.8) is 0 Å². The Morgan fingerprint density at radius 2 is 1.83 bits per heavy atom. The molecule has 136 valence electrons. The van der Waals surface area contributed by atoms with Crippen molar-refractivity contribution in [3.05, 3.63) is 29.8 Å². The number of hydrogen-bond acceptors (Lipinski definition) is 4. The summed E-state index contributed by atoms with van der Waals surface area (Å²) in [5.41, 5.74) is 6.16. The maximum Gasteiger partial charge on any atom is 0.253 e. The van der Waals surface area contributed by atoms with E-state index in [-0.39, 0.29) is 23.2 Å². The van der Waals surface area contributed by atoms with Crippen LogP contribution in [-0.2, 0) is 10.0 Å². The molecule has 0 bridgehead atoms. The molecule has 1 aliphatic rings. The smallest absolute Gasteiger partial charge is 0.253 e. The van der Waals surface area contributed by atoms with Crippen LogP contribution in [0.5, 0.6) is 0 Å². The monoisotopic (exact) mass is 375 g/mol. The maximum atomic E-state index is 12.4. The Morgan fingerprint density at radius 3 is 2.29 bits per heavy atom. The highest BCUT2D eigenvalue weighted by atomic mass is 35.5. The fraction of sp³-hybridized carbons (Fsp3) is 0.562. The number of likely N-dealkylation sites (tertiary alicyclic amines) is 1. The largest absolute Gasteiger partial charge is 0.338 e. The molecular formula is C16H26ClN3O3S. The topological polar surface area (TPSA) is 83.7 Å². The van der Waals surface area contributed by atoms with Gasteiger partial charge in [0.15, 0.2) is 0 Å². The van der Waals surface area contributed by atoms with Crippen LogP contribution in [0, 0.1) is 5.92 Å². The van der Waals surface area contributed by atoms with Gasteiger partial charge in [-0.15, -0.1) is 12.4 Å². The number of amides is 1.